The van der Waals surface area contributed by atoms with Crippen molar-refractivity contribution in [2.24, 2.45) is 0 Å². The molecule has 3 aromatic rings. The maximum atomic E-state index is 12.1. The van der Waals surface area contributed by atoms with Gasteiger partial charge in [0, 0.05) is 15.1 Å². The molecule has 1 N–H and O–H groups in total. The number of fused-ring (bicyclic) bond motifs is 1. The van der Waals surface area contributed by atoms with Crippen molar-refractivity contribution >= 4 is 67.4 Å². The molecule has 0 aliphatic carbocycles. The molecule has 0 aliphatic rings. The summed E-state index contributed by atoms with van der Waals surface area (Å²) in [5, 5.41) is 4.96. The highest BCUT2D eigenvalue weighted by Crippen LogP contribution is 2.28. The van der Waals surface area contributed by atoms with Gasteiger partial charge in [-0.1, -0.05) is 52.2 Å². The van der Waals surface area contributed by atoms with E-state index in [-0.39, 0.29) is 12.3 Å². The molecule has 0 fully saturated rings. The average Bonchev–Trinajstić information content (AvgIpc) is 2.83. The lowest BCUT2D eigenvalue weighted by Crippen LogP contribution is -2.14. The molecular weight excluding hydrogens is 363 g/mol. The Kier molecular flexibility index (Phi) is 4.54. The maximum Gasteiger partial charge on any atom is 0.230 e. The fraction of sp³-hybridized carbons (Fsp3) is 0.0667. The first-order valence-corrected chi connectivity index (χ1v) is 8.26. The number of benzene rings is 2. The predicted octanol–water partition coefficient (Wildman–Crippen LogP) is 5.44. The Morgan fingerprint density at radius 3 is 2.59 bits per heavy atom. The molecule has 1 amide bonds. The summed E-state index contributed by atoms with van der Waals surface area (Å²) >= 11 is 19.2. The quantitative estimate of drug-likeness (QED) is 0.666. The van der Waals surface area contributed by atoms with Gasteiger partial charge in [0.2, 0.25) is 5.91 Å². The molecule has 112 valence electrons. The highest BCUT2D eigenvalue weighted by atomic mass is 35.5. The van der Waals surface area contributed by atoms with Gasteiger partial charge in [-0.15, -0.1) is 0 Å². The molecule has 1 heterocycles. The Bertz CT molecular complexity index is 863. The van der Waals surface area contributed by atoms with Gasteiger partial charge in [-0.2, -0.15) is 0 Å². The molecule has 0 radical (unpaired) electrons. The molecule has 0 spiro atoms. The summed E-state index contributed by atoms with van der Waals surface area (Å²) in [4.78, 5) is 16.4. The number of amides is 1. The van der Waals surface area contributed by atoms with Crippen LogP contribution >= 0.6 is 46.1 Å². The number of carbonyl (C=O) groups excluding carboxylic acids is 1. The van der Waals surface area contributed by atoms with E-state index >= 15 is 0 Å². The first-order valence-electron chi connectivity index (χ1n) is 6.31. The summed E-state index contributed by atoms with van der Waals surface area (Å²) < 4.78 is 0.923. The molecule has 2 aromatic carbocycles. The van der Waals surface area contributed by atoms with E-state index in [4.69, 9.17) is 34.8 Å². The first-order chi connectivity index (χ1) is 10.5. The van der Waals surface area contributed by atoms with Gasteiger partial charge in [0.15, 0.2) is 5.13 Å². The van der Waals surface area contributed by atoms with E-state index in [1.807, 2.05) is 12.1 Å². The molecule has 0 bridgehead atoms. The zero-order valence-corrected chi connectivity index (χ0v) is 14.2. The normalized spacial score (nSPS) is 10.9. The number of nitrogens with zero attached hydrogens (tertiary/aromatic N) is 1. The zero-order valence-electron chi connectivity index (χ0n) is 11.1. The minimum absolute atomic E-state index is 0.159. The van der Waals surface area contributed by atoms with Crippen LogP contribution in [0.15, 0.2) is 36.4 Å². The van der Waals surface area contributed by atoms with Crippen LogP contribution in [0.3, 0.4) is 0 Å². The second kappa shape index (κ2) is 6.42. The number of nitrogens with one attached hydrogen (secondary N) is 1. The Morgan fingerprint density at radius 2 is 1.82 bits per heavy atom. The van der Waals surface area contributed by atoms with Crippen LogP contribution in [0.5, 0.6) is 0 Å². The van der Waals surface area contributed by atoms with Gasteiger partial charge in [-0.05, 0) is 35.9 Å². The Labute approximate surface area is 145 Å². The van der Waals surface area contributed by atoms with E-state index in [1.165, 1.54) is 11.3 Å². The van der Waals surface area contributed by atoms with Crippen LogP contribution < -0.4 is 5.32 Å². The minimum Gasteiger partial charge on any atom is -0.302 e. The molecule has 22 heavy (non-hydrogen) atoms. The zero-order chi connectivity index (χ0) is 15.7. The van der Waals surface area contributed by atoms with Crippen molar-refractivity contribution in [3.8, 4) is 0 Å². The van der Waals surface area contributed by atoms with Crippen molar-refractivity contribution in [3.05, 3.63) is 57.0 Å². The van der Waals surface area contributed by atoms with Crippen LogP contribution in [0.2, 0.25) is 15.1 Å². The van der Waals surface area contributed by atoms with E-state index in [0.717, 1.165) is 10.2 Å². The van der Waals surface area contributed by atoms with Crippen molar-refractivity contribution in [2.75, 3.05) is 5.32 Å². The molecule has 0 unspecified atom stereocenters. The molecule has 3 nitrogen and oxygen atoms in total. The van der Waals surface area contributed by atoms with Crippen LogP contribution in [0, 0.1) is 0 Å². The van der Waals surface area contributed by atoms with Gasteiger partial charge in [-0.3, -0.25) is 4.79 Å². The van der Waals surface area contributed by atoms with Crippen molar-refractivity contribution in [2.45, 2.75) is 6.42 Å². The Balaban J connectivity index is 1.75. The van der Waals surface area contributed by atoms with Crippen LogP contribution in [0.1, 0.15) is 5.56 Å². The van der Waals surface area contributed by atoms with Crippen molar-refractivity contribution in [1.82, 2.24) is 4.98 Å². The summed E-state index contributed by atoms with van der Waals surface area (Å²) in [5.74, 6) is -0.186. The smallest absolute Gasteiger partial charge is 0.230 e. The van der Waals surface area contributed by atoms with Crippen LogP contribution in [0.4, 0.5) is 5.13 Å². The van der Waals surface area contributed by atoms with Crippen molar-refractivity contribution in [1.29, 1.82) is 0 Å². The lowest BCUT2D eigenvalue weighted by atomic mass is 10.1. The number of aromatic nitrogens is 1. The van der Waals surface area contributed by atoms with Gasteiger partial charge in [0.25, 0.3) is 0 Å². The first kappa shape index (κ1) is 15.6. The maximum absolute atomic E-state index is 12.1. The minimum atomic E-state index is -0.186. The van der Waals surface area contributed by atoms with E-state index in [1.54, 1.807) is 24.3 Å². The molecule has 0 saturated heterocycles. The molecule has 0 saturated carbocycles. The number of rotatable bonds is 3. The molecule has 3 rings (SSSR count). The summed E-state index contributed by atoms with van der Waals surface area (Å²) in [6.07, 6.45) is 0.159. The summed E-state index contributed by atoms with van der Waals surface area (Å²) in [5.41, 5.74) is 1.52. The van der Waals surface area contributed by atoms with Crippen LogP contribution in [-0.2, 0) is 11.2 Å². The van der Waals surface area contributed by atoms with Gasteiger partial charge in [0.1, 0.15) is 0 Å². The number of anilines is 1. The lowest BCUT2D eigenvalue weighted by Gasteiger charge is -2.04. The molecule has 1 aromatic heterocycles. The van der Waals surface area contributed by atoms with Crippen LogP contribution in [-0.4, -0.2) is 10.9 Å². The molecule has 0 atom stereocenters. The standard InChI is InChI=1S/C15H9Cl3N2OS/c16-9-2-1-8(11(18)6-9)5-14(21)20-15-19-12-4-3-10(17)7-13(12)22-15/h1-4,6-7H,5H2,(H,19,20,21). The summed E-state index contributed by atoms with van der Waals surface area (Å²) in [6.45, 7) is 0. The van der Waals surface area contributed by atoms with Crippen LogP contribution in [0.25, 0.3) is 10.2 Å². The van der Waals surface area contributed by atoms with Crippen molar-refractivity contribution < 1.29 is 4.79 Å². The largest absolute Gasteiger partial charge is 0.302 e. The second-order valence-corrected chi connectivity index (χ2v) is 6.90. The third-order valence-electron chi connectivity index (χ3n) is 2.96. The number of hydrogen-bond acceptors (Lipinski definition) is 3. The van der Waals surface area contributed by atoms with Gasteiger partial charge in [0.05, 0.1) is 16.6 Å². The highest BCUT2D eigenvalue weighted by Gasteiger charge is 2.11. The van der Waals surface area contributed by atoms with Gasteiger partial charge >= 0.3 is 0 Å². The van der Waals surface area contributed by atoms with E-state index < -0.39 is 0 Å². The third kappa shape index (κ3) is 3.52. The number of carbonyl (C=O) groups is 1. The highest BCUT2D eigenvalue weighted by molar-refractivity contribution is 7.22. The fourth-order valence-electron chi connectivity index (χ4n) is 1.95. The average molecular weight is 372 g/mol. The lowest BCUT2D eigenvalue weighted by molar-refractivity contribution is -0.115. The molecule has 0 aliphatic heterocycles. The number of halogens is 3. The summed E-state index contributed by atoms with van der Waals surface area (Å²) in [6, 6.07) is 10.5. The topological polar surface area (TPSA) is 42.0 Å². The Hall–Kier alpha value is -1.33. The van der Waals surface area contributed by atoms with E-state index in [9.17, 15) is 4.79 Å². The van der Waals surface area contributed by atoms with E-state index in [2.05, 4.69) is 10.3 Å². The molecule has 7 heteroatoms. The SMILES string of the molecule is O=C(Cc1ccc(Cl)cc1Cl)Nc1nc2ccc(Cl)cc2s1. The van der Waals surface area contributed by atoms with E-state index in [0.29, 0.717) is 25.8 Å². The summed E-state index contributed by atoms with van der Waals surface area (Å²) in [7, 11) is 0. The molecular formula is C15H9Cl3N2OS. The van der Waals surface area contributed by atoms with Gasteiger partial charge < -0.3 is 5.32 Å². The second-order valence-electron chi connectivity index (χ2n) is 4.59. The number of hydrogen-bond donors (Lipinski definition) is 1. The third-order valence-corrected chi connectivity index (χ3v) is 4.72. The van der Waals surface area contributed by atoms with Crippen molar-refractivity contribution in [3.63, 3.8) is 0 Å². The van der Waals surface area contributed by atoms with Gasteiger partial charge in [-0.25, -0.2) is 4.98 Å². The Morgan fingerprint density at radius 1 is 1.09 bits per heavy atom. The number of thiazole rings is 1. The predicted molar refractivity (Wildman–Crippen MR) is 93.4 cm³/mol. The fourth-order valence-corrected chi connectivity index (χ4v) is 3.59. The monoisotopic (exact) mass is 370 g/mol.